The molecule has 114 valence electrons. The fourth-order valence-corrected chi connectivity index (χ4v) is 2.67. The quantitative estimate of drug-likeness (QED) is 0.941. The number of amides is 1. The molecule has 0 aliphatic carbocycles. The van der Waals surface area contributed by atoms with Gasteiger partial charge in [-0.15, -0.1) is 0 Å². The van der Waals surface area contributed by atoms with Crippen molar-refractivity contribution in [1.29, 1.82) is 0 Å². The summed E-state index contributed by atoms with van der Waals surface area (Å²) in [6.07, 6.45) is 1.92. The minimum Gasteiger partial charge on any atom is -0.496 e. The second kappa shape index (κ2) is 6.15. The lowest BCUT2D eigenvalue weighted by molar-refractivity contribution is 0.0765. The summed E-state index contributed by atoms with van der Waals surface area (Å²) in [6.45, 7) is 0.981. The van der Waals surface area contributed by atoms with Crippen LogP contribution in [0.2, 0.25) is 0 Å². The molecule has 1 aliphatic heterocycles. The van der Waals surface area contributed by atoms with E-state index in [2.05, 4.69) is 4.98 Å². The Morgan fingerprint density at radius 3 is 2.86 bits per heavy atom. The Morgan fingerprint density at radius 1 is 1.36 bits per heavy atom. The van der Waals surface area contributed by atoms with Crippen LogP contribution in [0.3, 0.4) is 0 Å². The number of nitrogens with zero attached hydrogens (tertiary/aromatic N) is 2. The second-order valence-corrected chi connectivity index (χ2v) is 5.32. The summed E-state index contributed by atoms with van der Waals surface area (Å²) in [4.78, 5) is 18.5. The lowest BCUT2D eigenvalue weighted by Gasteiger charge is -2.17. The molecule has 1 fully saturated rings. The molecular formula is C17H18N2O3. The number of hydrogen-bond acceptors (Lipinski definition) is 4. The van der Waals surface area contributed by atoms with Crippen LogP contribution >= 0.6 is 0 Å². The lowest BCUT2D eigenvalue weighted by atomic mass is 10.1. The zero-order valence-corrected chi connectivity index (χ0v) is 12.4. The van der Waals surface area contributed by atoms with E-state index in [0.29, 0.717) is 30.8 Å². The van der Waals surface area contributed by atoms with Crippen LogP contribution in [0.15, 0.2) is 42.6 Å². The third-order valence-corrected chi connectivity index (χ3v) is 3.84. The van der Waals surface area contributed by atoms with Gasteiger partial charge in [0, 0.05) is 30.4 Å². The molecular weight excluding hydrogens is 280 g/mol. The molecule has 3 rings (SSSR count). The van der Waals surface area contributed by atoms with E-state index in [-0.39, 0.29) is 5.91 Å². The molecule has 0 saturated carbocycles. The van der Waals surface area contributed by atoms with Crippen LogP contribution in [0.25, 0.3) is 11.3 Å². The maximum absolute atomic E-state index is 12.5. The molecule has 1 atom stereocenters. The Kier molecular flexibility index (Phi) is 4.06. The summed E-state index contributed by atoms with van der Waals surface area (Å²) in [5, 5.41) is 9.59. The summed E-state index contributed by atoms with van der Waals surface area (Å²) in [7, 11) is 1.60. The number of hydrogen-bond donors (Lipinski definition) is 1. The van der Waals surface area contributed by atoms with Crippen molar-refractivity contribution in [1.82, 2.24) is 9.88 Å². The van der Waals surface area contributed by atoms with Crippen LogP contribution in [0.5, 0.6) is 5.75 Å². The van der Waals surface area contributed by atoms with Crippen LogP contribution in [-0.2, 0) is 0 Å². The molecule has 2 heterocycles. The number of aromatic nitrogens is 1. The van der Waals surface area contributed by atoms with Gasteiger partial charge in [0.15, 0.2) is 0 Å². The molecule has 2 aromatic rings. The SMILES string of the molecule is COc1ccc(C(=O)N2CC[C@@H](O)C2)cc1-c1ccccn1. The van der Waals surface area contributed by atoms with Gasteiger partial charge in [-0.2, -0.15) is 0 Å². The van der Waals surface area contributed by atoms with Gasteiger partial charge in [0.2, 0.25) is 0 Å². The zero-order chi connectivity index (χ0) is 15.5. The third kappa shape index (κ3) is 2.80. The molecule has 1 aromatic heterocycles. The molecule has 1 aliphatic rings. The molecule has 5 nitrogen and oxygen atoms in total. The smallest absolute Gasteiger partial charge is 0.253 e. The summed E-state index contributed by atoms with van der Waals surface area (Å²) < 4.78 is 5.37. The Bertz CT molecular complexity index is 673. The minimum atomic E-state index is -0.419. The average molecular weight is 298 g/mol. The number of likely N-dealkylation sites (tertiary alicyclic amines) is 1. The van der Waals surface area contributed by atoms with Crippen LogP contribution in [0.4, 0.5) is 0 Å². The van der Waals surface area contributed by atoms with Crippen molar-refractivity contribution in [3.8, 4) is 17.0 Å². The van der Waals surface area contributed by atoms with E-state index in [9.17, 15) is 9.90 Å². The number of aliphatic hydroxyl groups is 1. The predicted molar refractivity (Wildman–Crippen MR) is 82.8 cm³/mol. The number of benzene rings is 1. The van der Waals surface area contributed by atoms with Crippen molar-refractivity contribution in [3.63, 3.8) is 0 Å². The van der Waals surface area contributed by atoms with Gasteiger partial charge in [-0.3, -0.25) is 9.78 Å². The molecule has 1 saturated heterocycles. The molecule has 1 amide bonds. The highest BCUT2D eigenvalue weighted by Crippen LogP contribution is 2.30. The van der Waals surface area contributed by atoms with Gasteiger partial charge in [0.25, 0.3) is 5.91 Å². The predicted octanol–water partition coefficient (Wildman–Crippen LogP) is 1.96. The molecule has 5 heteroatoms. The molecule has 0 radical (unpaired) electrons. The molecule has 22 heavy (non-hydrogen) atoms. The van der Waals surface area contributed by atoms with E-state index in [1.54, 1.807) is 36.4 Å². The highest BCUT2D eigenvalue weighted by atomic mass is 16.5. The van der Waals surface area contributed by atoms with Gasteiger partial charge in [0.05, 0.1) is 18.9 Å². The van der Waals surface area contributed by atoms with E-state index in [1.165, 1.54) is 0 Å². The van der Waals surface area contributed by atoms with Crippen LogP contribution in [0.1, 0.15) is 16.8 Å². The summed E-state index contributed by atoms with van der Waals surface area (Å²) in [6, 6.07) is 11.0. The van der Waals surface area contributed by atoms with Crippen molar-refractivity contribution in [2.24, 2.45) is 0 Å². The number of ether oxygens (including phenoxy) is 1. The number of pyridine rings is 1. The number of β-amino-alcohol motifs (C(OH)–C–C–N with tert-alkyl or cyclic N) is 1. The largest absolute Gasteiger partial charge is 0.496 e. The average Bonchev–Trinajstić information content (AvgIpc) is 3.01. The van der Waals surface area contributed by atoms with Crippen LogP contribution in [0, 0.1) is 0 Å². The fraction of sp³-hybridized carbons (Fsp3) is 0.294. The van der Waals surface area contributed by atoms with E-state index < -0.39 is 6.10 Å². The highest BCUT2D eigenvalue weighted by Gasteiger charge is 2.26. The Morgan fingerprint density at radius 2 is 2.23 bits per heavy atom. The van der Waals surface area contributed by atoms with Crippen LogP contribution in [-0.4, -0.2) is 47.2 Å². The van der Waals surface area contributed by atoms with Crippen LogP contribution < -0.4 is 4.74 Å². The topological polar surface area (TPSA) is 62.7 Å². The minimum absolute atomic E-state index is 0.0728. The maximum atomic E-state index is 12.5. The second-order valence-electron chi connectivity index (χ2n) is 5.32. The molecule has 1 N–H and O–H groups in total. The Labute approximate surface area is 129 Å². The van der Waals surface area contributed by atoms with E-state index in [1.807, 2.05) is 18.2 Å². The number of carbonyl (C=O) groups is 1. The number of rotatable bonds is 3. The first-order valence-corrected chi connectivity index (χ1v) is 7.26. The molecule has 0 bridgehead atoms. The first-order chi connectivity index (χ1) is 10.7. The number of aliphatic hydroxyl groups excluding tert-OH is 1. The van der Waals surface area contributed by atoms with Crippen molar-refractivity contribution in [2.45, 2.75) is 12.5 Å². The standard InChI is InChI=1S/C17H18N2O3/c1-22-16-6-5-12(17(21)19-9-7-13(20)11-19)10-14(16)15-4-2-3-8-18-15/h2-6,8,10,13,20H,7,9,11H2,1H3/t13-/m1/s1. The highest BCUT2D eigenvalue weighted by molar-refractivity contribution is 5.96. The Balaban J connectivity index is 1.95. The molecule has 1 aromatic carbocycles. The molecule has 0 unspecified atom stereocenters. The first kappa shape index (κ1) is 14.5. The van der Waals surface area contributed by atoms with Gasteiger partial charge < -0.3 is 14.7 Å². The number of carbonyl (C=O) groups excluding carboxylic acids is 1. The summed E-state index contributed by atoms with van der Waals surface area (Å²) in [5.74, 6) is 0.605. The first-order valence-electron chi connectivity index (χ1n) is 7.26. The van der Waals surface area contributed by atoms with Crippen molar-refractivity contribution >= 4 is 5.91 Å². The molecule has 0 spiro atoms. The lowest BCUT2D eigenvalue weighted by Crippen LogP contribution is -2.29. The zero-order valence-electron chi connectivity index (χ0n) is 12.4. The van der Waals surface area contributed by atoms with Crippen molar-refractivity contribution in [2.75, 3.05) is 20.2 Å². The van der Waals surface area contributed by atoms with Crippen molar-refractivity contribution < 1.29 is 14.6 Å². The number of methoxy groups -OCH3 is 1. The van der Waals surface area contributed by atoms with Gasteiger partial charge >= 0.3 is 0 Å². The van der Waals surface area contributed by atoms with Crippen molar-refractivity contribution in [3.05, 3.63) is 48.2 Å². The van der Waals surface area contributed by atoms with Gasteiger partial charge in [-0.25, -0.2) is 0 Å². The van der Waals surface area contributed by atoms with E-state index in [4.69, 9.17) is 4.74 Å². The maximum Gasteiger partial charge on any atom is 0.253 e. The Hall–Kier alpha value is -2.40. The third-order valence-electron chi connectivity index (χ3n) is 3.84. The van der Waals surface area contributed by atoms with E-state index in [0.717, 1.165) is 11.3 Å². The van der Waals surface area contributed by atoms with Gasteiger partial charge in [0.1, 0.15) is 5.75 Å². The summed E-state index contributed by atoms with van der Waals surface area (Å²) in [5.41, 5.74) is 2.12. The van der Waals surface area contributed by atoms with Gasteiger partial charge in [-0.05, 0) is 36.8 Å². The summed E-state index contributed by atoms with van der Waals surface area (Å²) >= 11 is 0. The fourth-order valence-electron chi connectivity index (χ4n) is 2.67. The van der Waals surface area contributed by atoms with E-state index >= 15 is 0 Å². The monoisotopic (exact) mass is 298 g/mol. The van der Waals surface area contributed by atoms with Gasteiger partial charge in [-0.1, -0.05) is 6.07 Å². The normalized spacial score (nSPS) is 17.5.